The predicted molar refractivity (Wildman–Crippen MR) is 117 cm³/mol. The number of carbonyl (C=O) groups excluding carboxylic acids is 3. The highest BCUT2D eigenvalue weighted by Gasteiger charge is 2.35. The van der Waals surface area contributed by atoms with Gasteiger partial charge in [0, 0.05) is 17.8 Å². The maximum absolute atomic E-state index is 12.9. The summed E-state index contributed by atoms with van der Waals surface area (Å²) >= 11 is 6.16. The number of aromatic nitrogens is 1. The van der Waals surface area contributed by atoms with Crippen LogP contribution in [0.3, 0.4) is 0 Å². The summed E-state index contributed by atoms with van der Waals surface area (Å²) < 4.78 is 0. The number of halogens is 1. The van der Waals surface area contributed by atoms with Gasteiger partial charge in [0.2, 0.25) is 11.8 Å². The highest BCUT2D eigenvalue weighted by Crippen LogP contribution is 2.33. The number of hydrogen-bond acceptors (Lipinski definition) is 4. The van der Waals surface area contributed by atoms with Crippen molar-refractivity contribution in [2.24, 2.45) is 11.8 Å². The molecule has 32 heavy (non-hydrogen) atoms. The molecule has 1 aromatic carbocycles. The van der Waals surface area contributed by atoms with Crippen LogP contribution in [0.25, 0.3) is 10.9 Å². The standard InChI is InChI=1S/C22H25ClN4O5/c23-14-3-1-2-12-9-16(25-18(12)14)21(30)26-15(8-11-4-5-11)20(29)27-17(22(31)32)10-13-6-7-24-19(13)28/h1-3,9,11,13,15,17,25H,4-8,10H2,(H,24,28)(H,26,30)(H,27,29)(H,31,32)/t13-,15?,17?/m0/s1. The number of hydrogen-bond donors (Lipinski definition) is 5. The molecule has 170 valence electrons. The van der Waals surface area contributed by atoms with Crippen LogP contribution >= 0.6 is 11.6 Å². The van der Waals surface area contributed by atoms with Crippen molar-refractivity contribution in [1.82, 2.24) is 20.9 Å². The molecule has 2 fully saturated rings. The number of para-hydroxylation sites is 1. The summed E-state index contributed by atoms with van der Waals surface area (Å²) in [5.74, 6) is -2.59. The van der Waals surface area contributed by atoms with Crippen LogP contribution in [0.2, 0.25) is 5.02 Å². The third kappa shape index (κ3) is 5.04. The van der Waals surface area contributed by atoms with Gasteiger partial charge < -0.3 is 26.0 Å². The number of carbonyl (C=O) groups is 4. The molecule has 1 aliphatic carbocycles. The second-order valence-corrected chi connectivity index (χ2v) is 8.91. The minimum atomic E-state index is -1.21. The van der Waals surface area contributed by atoms with E-state index in [0.717, 1.165) is 18.2 Å². The van der Waals surface area contributed by atoms with E-state index in [1.807, 2.05) is 6.07 Å². The lowest BCUT2D eigenvalue weighted by atomic mass is 9.98. The van der Waals surface area contributed by atoms with Gasteiger partial charge in [-0.15, -0.1) is 0 Å². The van der Waals surface area contributed by atoms with Gasteiger partial charge >= 0.3 is 5.97 Å². The number of aliphatic carboxylic acids is 1. The maximum atomic E-state index is 12.9. The molecule has 3 atom stereocenters. The summed E-state index contributed by atoms with van der Waals surface area (Å²) in [6.07, 6.45) is 2.90. The van der Waals surface area contributed by atoms with Gasteiger partial charge in [0.05, 0.1) is 10.5 Å². The molecular formula is C22H25ClN4O5. The minimum absolute atomic E-state index is 0.0114. The molecule has 2 heterocycles. The number of carboxylic acid groups (broad SMARTS) is 1. The number of rotatable bonds is 9. The summed E-state index contributed by atoms with van der Waals surface area (Å²) in [5, 5.41) is 18.7. The van der Waals surface area contributed by atoms with Gasteiger partial charge in [-0.25, -0.2) is 4.79 Å². The smallest absolute Gasteiger partial charge is 0.326 e. The molecule has 0 spiro atoms. The Morgan fingerprint density at radius 2 is 1.91 bits per heavy atom. The van der Waals surface area contributed by atoms with Gasteiger partial charge in [0.15, 0.2) is 0 Å². The van der Waals surface area contributed by atoms with Crippen molar-refractivity contribution in [2.75, 3.05) is 6.54 Å². The van der Waals surface area contributed by atoms with E-state index in [-0.39, 0.29) is 18.0 Å². The van der Waals surface area contributed by atoms with Crippen LogP contribution < -0.4 is 16.0 Å². The molecule has 4 rings (SSSR count). The van der Waals surface area contributed by atoms with Crippen LogP contribution in [0.1, 0.15) is 42.6 Å². The number of H-pyrrole nitrogens is 1. The minimum Gasteiger partial charge on any atom is -0.480 e. The molecule has 3 amide bonds. The van der Waals surface area contributed by atoms with Crippen molar-refractivity contribution >= 4 is 46.2 Å². The first-order valence-corrected chi connectivity index (χ1v) is 11.1. The maximum Gasteiger partial charge on any atom is 0.326 e. The zero-order chi connectivity index (χ0) is 22.8. The van der Waals surface area contributed by atoms with Crippen molar-refractivity contribution in [1.29, 1.82) is 0 Å². The van der Waals surface area contributed by atoms with Crippen LogP contribution in [0.4, 0.5) is 0 Å². The third-order valence-electron chi connectivity index (χ3n) is 6.04. The van der Waals surface area contributed by atoms with Gasteiger partial charge in [0.25, 0.3) is 5.91 Å². The molecule has 2 aromatic rings. The Kier molecular flexibility index (Phi) is 6.36. The Bertz CT molecular complexity index is 1060. The SMILES string of the molecule is O=C(NC(CC1CC1)C(=O)NC(C[C@@H]1CCNC1=O)C(=O)O)c1cc2cccc(Cl)c2[nH]1. The summed E-state index contributed by atoms with van der Waals surface area (Å²) in [6.45, 7) is 0.499. The lowest BCUT2D eigenvalue weighted by Gasteiger charge is -2.22. The molecular weight excluding hydrogens is 436 g/mol. The molecule has 0 radical (unpaired) electrons. The Balaban J connectivity index is 1.45. The van der Waals surface area contributed by atoms with Crippen molar-refractivity contribution in [3.05, 3.63) is 35.0 Å². The third-order valence-corrected chi connectivity index (χ3v) is 6.35. The van der Waals surface area contributed by atoms with E-state index in [2.05, 4.69) is 20.9 Å². The summed E-state index contributed by atoms with van der Waals surface area (Å²) in [5.41, 5.74) is 0.891. The first-order chi connectivity index (χ1) is 15.3. The van der Waals surface area contributed by atoms with Crippen molar-refractivity contribution < 1.29 is 24.3 Å². The molecule has 1 aromatic heterocycles. The topological polar surface area (TPSA) is 140 Å². The van der Waals surface area contributed by atoms with Gasteiger partial charge in [0.1, 0.15) is 17.8 Å². The van der Waals surface area contributed by atoms with Crippen LogP contribution in [0.5, 0.6) is 0 Å². The molecule has 1 saturated heterocycles. The lowest BCUT2D eigenvalue weighted by Crippen LogP contribution is -2.52. The summed E-state index contributed by atoms with van der Waals surface area (Å²) in [4.78, 5) is 52.3. The van der Waals surface area contributed by atoms with Crippen molar-refractivity contribution in [2.45, 2.75) is 44.2 Å². The molecule has 2 aliphatic rings. The lowest BCUT2D eigenvalue weighted by molar-refractivity contribution is -0.142. The Morgan fingerprint density at radius 1 is 1.12 bits per heavy atom. The quantitative estimate of drug-likeness (QED) is 0.388. The van der Waals surface area contributed by atoms with E-state index >= 15 is 0 Å². The van der Waals surface area contributed by atoms with E-state index in [4.69, 9.17) is 11.6 Å². The number of benzene rings is 1. The first kappa shape index (κ1) is 22.1. The van der Waals surface area contributed by atoms with Gasteiger partial charge in [-0.2, -0.15) is 0 Å². The fourth-order valence-corrected chi connectivity index (χ4v) is 4.27. The number of amides is 3. The van der Waals surface area contributed by atoms with E-state index in [0.29, 0.717) is 35.8 Å². The van der Waals surface area contributed by atoms with Crippen LogP contribution in [-0.4, -0.2) is 52.4 Å². The molecule has 5 N–H and O–H groups in total. The average Bonchev–Trinajstić information content (AvgIpc) is 3.30. The van der Waals surface area contributed by atoms with E-state index < -0.39 is 35.8 Å². The Hall–Kier alpha value is -3.07. The Morgan fingerprint density at radius 3 is 2.53 bits per heavy atom. The predicted octanol–water partition coefficient (Wildman–Crippen LogP) is 1.82. The van der Waals surface area contributed by atoms with Gasteiger partial charge in [-0.3, -0.25) is 14.4 Å². The van der Waals surface area contributed by atoms with E-state index in [1.54, 1.807) is 18.2 Å². The van der Waals surface area contributed by atoms with E-state index in [1.165, 1.54) is 0 Å². The number of aromatic amines is 1. The second-order valence-electron chi connectivity index (χ2n) is 8.50. The fraction of sp³-hybridized carbons (Fsp3) is 0.455. The molecule has 1 aliphatic heterocycles. The van der Waals surface area contributed by atoms with E-state index in [9.17, 15) is 24.3 Å². The molecule has 0 bridgehead atoms. The van der Waals surface area contributed by atoms with Crippen LogP contribution in [0.15, 0.2) is 24.3 Å². The molecule has 10 heteroatoms. The second kappa shape index (κ2) is 9.20. The zero-order valence-corrected chi connectivity index (χ0v) is 18.1. The molecule has 9 nitrogen and oxygen atoms in total. The zero-order valence-electron chi connectivity index (χ0n) is 17.3. The number of nitrogens with one attached hydrogen (secondary N) is 4. The fourth-order valence-electron chi connectivity index (χ4n) is 4.04. The highest BCUT2D eigenvalue weighted by molar-refractivity contribution is 6.35. The Labute approximate surface area is 189 Å². The van der Waals surface area contributed by atoms with Crippen molar-refractivity contribution in [3.8, 4) is 0 Å². The monoisotopic (exact) mass is 460 g/mol. The normalized spacial score (nSPS) is 19.9. The van der Waals surface area contributed by atoms with Crippen LogP contribution in [0, 0.1) is 11.8 Å². The molecule has 1 saturated carbocycles. The first-order valence-electron chi connectivity index (χ1n) is 10.7. The summed E-state index contributed by atoms with van der Waals surface area (Å²) in [7, 11) is 0. The van der Waals surface area contributed by atoms with Crippen molar-refractivity contribution in [3.63, 3.8) is 0 Å². The van der Waals surface area contributed by atoms with Gasteiger partial charge in [-0.1, -0.05) is 36.6 Å². The number of fused-ring (bicyclic) bond motifs is 1. The van der Waals surface area contributed by atoms with Gasteiger partial charge in [-0.05, 0) is 37.3 Å². The summed E-state index contributed by atoms with van der Waals surface area (Å²) in [6, 6.07) is 4.88. The number of carboxylic acids is 1. The average molecular weight is 461 g/mol. The largest absolute Gasteiger partial charge is 0.480 e. The highest BCUT2D eigenvalue weighted by atomic mass is 35.5. The molecule has 2 unspecified atom stereocenters. The van der Waals surface area contributed by atoms with Crippen LogP contribution in [-0.2, 0) is 14.4 Å².